The number of pyridine rings is 2. The van der Waals surface area contributed by atoms with Gasteiger partial charge >= 0.3 is 6.18 Å². The monoisotopic (exact) mass is 605 g/mol. The fraction of sp³-hybridized carbons (Fsp3) is 0.333. The Bertz CT molecular complexity index is 1510. The Morgan fingerprint density at radius 2 is 1.75 bits per heavy atom. The van der Waals surface area contributed by atoms with Crippen LogP contribution in [0.3, 0.4) is 0 Å². The fourth-order valence-corrected chi connectivity index (χ4v) is 5.14. The third-order valence-corrected chi connectivity index (χ3v) is 7.61. The van der Waals surface area contributed by atoms with Crippen molar-refractivity contribution in [3.63, 3.8) is 0 Å². The van der Waals surface area contributed by atoms with E-state index in [2.05, 4.69) is 27.2 Å². The molecule has 44 heavy (non-hydrogen) atoms. The van der Waals surface area contributed by atoms with Gasteiger partial charge in [0, 0.05) is 41.7 Å². The number of halogens is 3. The summed E-state index contributed by atoms with van der Waals surface area (Å²) in [6, 6.07) is 8.86. The Kier molecular flexibility index (Phi) is 10.8. The molecule has 0 unspecified atom stereocenters. The lowest BCUT2D eigenvalue weighted by Crippen LogP contribution is -2.35. The van der Waals surface area contributed by atoms with Gasteiger partial charge in [-0.15, -0.1) is 0 Å². The lowest BCUT2D eigenvalue weighted by molar-refractivity contribution is -0.137. The van der Waals surface area contributed by atoms with Crippen molar-refractivity contribution < 1.29 is 18.0 Å². The molecule has 2 heterocycles. The Balaban J connectivity index is 1.33. The number of alkyl halides is 3. The molecule has 1 aliphatic rings. The molecule has 0 saturated heterocycles. The van der Waals surface area contributed by atoms with Crippen LogP contribution in [0.2, 0.25) is 0 Å². The number of amides is 1. The molecule has 4 rings (SSSR count). The lowest BCUT2D eigenvalue weighted by Gasteiger charge is -2.22. The van der Waals surface area contributed by atoms with Crippen LogP contribution in [-0.4, -0.2) is 27.6 Å². The number of nitrogens with two attached hydrogens (primary N) is 2. The number of carbonyl (C=O) groups is 1. The number of nitrogens with one attached hydrogen (secondary N) is 3. The molecule has 0 aliphatic heterocycles. The van der Waals surface area contributed by atoms with Crippen molar-refractivity contribution >= 4 is 40.7 Å². The predicted molar refractivity (Wildman–Crippen MR) is 170 cm³/mol. The second-order valence-corrected chi connectivity index (χ2v) is 10.9. The number of benzene rings is 1. The average Bonchev–Trinajstić information content (AvgIpc) is 3.00. The standard InChI is InChI=1S/C33H38F3N7O/c1-21(42-27-19-25(17-18-40-27)33(34,35)36)22-13-15-23(16-14-22)30(37)29-31(38)24(20-41-32(29)39)9-5-2-3-8-12-28(44)43-26-10-6-4-7-11-26/h5,9,13-20,26,37H,1-4,6-8,10-12H2,(H,40,42)(H,43,44)(H4,38,39,41)/b9-5+,37-30?. The van der Waals surface area contributed by atoms with Gasteiger partial charge in [0.2, 0.25) is 5.91 Å². The zero-order valence-electron chi connectivity index (χ0n) is 24.5. The third kappa shape index (κ3) is 8.68. The summed E-state index contributed by atoms with van der Waals surface area (Å²) in [6.45, 7) is 3.90. The first-order valence-corrected chi connectivity index (χ1v) is 14.7. The van der Waals surface area contributed by atoms with Gasteiger partial charge in [0.25, 0.3) is 0 Å². The fourth-order valence-electron chi connectivity index (χ4n) is 5.14. The Morgan fingerprint density at radius 3 is 2.45 bits per heavy atom. The molecule has 1 saturated carbocycles. The SMILES string of the molecule is C=C(Nc1cc(C(F)(F)F)ccn1)c1ccc(C(=N)c2c(N)ncc(/C=C/CCCCC(=O)NC3CCCCC3)c2N)cc1. The minimum absolute atomic E-state index is 0.0123. The van der Waals surface area contributed by atoms with E-state index in [0.717, 1.165) is 50.4 Å². The van der Waals surface area contributed by atoms with E-state index >= 15 is 0 Å². The molecule has 1 aliphatic carbocycles. The average molecular weight is 606 g/mol. The normalized spacial score (nSPS) is 14.0. The zero-order valence-corrected chi connectivity index (χ0v) is 24.5. The molecule has 2 aromatic heterocycles. The van der Waals surface area contributed by atoms with E-state index in [1.54, 1.807) is 30.5 Å². The number of allylic oxidation sites excluding steroid dienone is 1. The van der Waals surface area contributed by atoms with E-state index in [4.69, 9.17) is 16.9 Å². The van der Waals surface area contributed by atoms with E-state index in [-0.39, 0.29) is 23.3 Å². The van der Waals surface area contributed by atoms with Crippen molar-refractivity contribution in [2.75, 3.05) is 16.8 Å². The van der Waals surface area contributed by atoms with Crippen molar-refractivity contribution in [2.24, 2.45) is 0 Å². The second kappa shape index (κ2) is 14.7. The summed E-state index contributed by atoms with van der Waals surface area (Å²) >= 11 is 0. The first-order valence-electron chi connectivity index (χ1n) is 14.7. The highest BCUT2D eigenvalue weighted by atomic mass is 19.4. The zero-order chi connectivity index (χ0) is 31.7. The third-order valence-electron chi connectivity index (χ3n) is 7.61. The quantitative estimate of drug-likeness (QED) is 0.109. The highest BCUT2D eigenvalue weighted by molar-refractivity contribution is 6.17. The maximum absolute atomic E-state index is 13.0. The highest BCUT2D eigenvalue weighted by Gasteiger charge is 2.30. The first kappa shape index (κ1) is 32.2. The van der Waals surface area contributed by atoms with Gasteiger partial charge in [-0.25, -0.2) is 9.97 Å². The van der Waals surface area contributed by atoms with Crippen molar-refractivity contribution in [2.45, 2.75) is 70.0 Å². The van der Waals surface area contributed by atoms with Crippen molar-refractivity contribution in [3.8, 4) is 0 Å². The molecule has 1 fully saturated rings. The van der Waals surface area contributed by atoms with Gasteiger partial charge in [0.05, 0.1) is 22.5 Å². The summed E-state index contributed by atoms with van der Waals surface area (Å²) in [5.74, 6) is 0.259. The largest absolute Gasteiger partial charge is 0.416 e. The Labute approximate surface area is 255 Å². The maximum atomic E-state index is 13.0. The number of hydrogen-bond donors (Lipinski definition) is 5. The van der Waals surface area contributed by atoms with Gasteiger partial charge in [0.1, 0.15) is 11.6 Å². The van der Waals surface area contributed by atoms with Gasteiger partial charge in [0.15, 0.2) is 0 Å². The minimum atomic E-state index is -4.48. The van der Waals surface area contributed by atoms with Crippen LogP contribution in [0.5, 0.6) is 0 Å². The molecule has 0 radical (unpaired) electrons. The molecule has 0 atom stereocenters. The number of aromatic nitrogens is 2. The van der Waals surface area contributed by atoms with E-state index in [9.17, 15) is 18.0 Å². The molecule has 0 spiro atoms. The molecular weight excluding hydrogens is 567 g/mol. The maximum Gasteiger partial charge on any atom is 0.416 e. The number of rotatable bonds is 12. The van der Waals surface area contributed by atoms with Crippen molar-refractivity contribution in [1.82, 2.24) is 15.3 Å². The number of hydrogen-bond acceptors (Lipinski definition) is 7. The number of nitrogens with zero attached hydrogens (tertiary/aromatic N) is 2. The van der Waals surface area contributed by atoms with Gasteiger partial charge in [-0.2, -0.15) is 13.2 Å². The van der Waals surface area contributed by atoms with Crippen LogP contribution >= 0.6 is 0 Å². The summed E-state index contributed by atoms with van der Waals surface area (Å²) in [6.07, 6.45) is 10.7. The van der Waals surface area contributed by atoms with Gasteiger partial charge in [-0.05, 0) is 49.8 Å². The molecule has 11 heteroatoms. The van der Waals surface area contributed by atoms with E-state index < -0.39 is 11.7 Å². The summed E-state index contributed by atoms with van der Waals surface area (Å²) in [5, 5.41) is 14.7. The molecule has 232 valence electrons. The molecule has 7 N–H and O–H groups in total. The molecular formula is C33H38F3N7O. The Morgan fingerprint density at radius 1 is 1.05 bits per heavy atom. The summed E-state index contributed by atoms with van der Waals surface area (Å²) in [4.78, 5) is 20.4. The number of nitrogen functional groups attached to an aromatic ring is 2. The topological polar surface area (TPSA) is 143 Å². The highest BCUT2D eigenvalue weighted by Crippen LogP contribution is 2.31. The van der Waals surface area contributed by atoms with Crippen LogP contribution in [0.4, 0.5) is 30.5 Å². The van der Waals surface area contributed by atoms with Crippen molar-refractivity contribution in [3.05, 3.63) is 89.3 Å². The van der Waals surface area contributed by atoms with Gasteiger partial charge in [-0.3, -0.25) is 10.2 Å². The molecule has 1 aromatic carbocycles. The molecule has 1 amide bonds. The Hall–Kier alpha value is -4.67. The molecule has 3 aromatic rings. The van der Waals surface area contributed by atoms with Crippen LogP contribution in [0.1, 0.15) is 85.6 Å². The summed E-state index contributed by atoms with van der Waals surface area (Å²) < 4.78 is 39.1. The first-order chi connectivity index (χ1) is 21.0. The minimum Gasteiger partial charge on any atom is -0.398 e. The number of anilines is 3. The summed E-state index contributed by atoms with van der Waals surface area (Å²) in [7, 11) is 0. The lowest BCUT2D eigenvalue weighted by atomic mass is 9.95. The molecule has 0 bridgehead atoms. The smallest absolute Gasteiger partial charge is 0.398 e. The predicted octanol–water partition coefficient (Wildman–Crippen LogP) is 7.18. The van der Waals surface area contributed by atoms with Crippen LogP contribution < -0.4 is 22.1 Å². The van der Waals surface area contributed by atoms with Gasteiger partial charge < -0.3 is 22.1 Å². The van der Waals surface area contributed by atoms with E-state index in [1.165, 1.54) is 19.3 Å². The van der Waals surface area contributed by atoms with Crippen LogP contribution in [0, 0.1) is 5.41 Å². The van der Waals surface area contributed by atoms with Crippen LogP contribution in [-0.2, 0) is 11.0 Å². The van der Waals surface area contributed by atoms with Crippen LogP contribution in [0.15, 0.2) is 61.4 Å². The summed E-state index contributed by atoms with van der Waals surface area (Å²) in [5.41, 5.74) is 14.5. The second-order valence-electron chi connectivity index (χ2n) is 10.9. The van der Waals surface area contributed by atoms with Gasteiger partial charge in [-0.1, -0.05) is 62.3 Å². The molecule has 8 nitrogen and oxygen atoms in total. The number of carbonyl (C=O) groups excluding carboxylic acids is 1. The van der Waals surface area contributed by atoms with E-state index in [1.807, 2.05) is 12.2 Å². The van der Waals surface area contributed by atoms with E-state index in [0.29, 0.717) is 46.1 Å². The number of unbranched alkanes of at least 4 members (excludes halogenated alkanes) is 2. The van der Waals surface area contributed by atoms with Crippen LogP contribution in [0.25, 0.3) is 11.8 Å². The van der Waals surface area contributed by atoms with Crippen molar-refractivity contribution in [1.29, 1.82) is 5.41 Å².